The number of anilines is 2. The minimum absolute atomic E-state index is 0.0712. The summed E-state index contributed by atoms with van der Waals surface area (Å²) in [5.74, 6) is 0.0458. The van der Waals surface area contributed by atoms with Crippen LogP contribution in [0.2, 0.25) is 0 Å². The van der Waals surface area contributed by atoms with Crippen LogP contribution in [0, 0.1) is 12.8 Å². The van der Waals surface area contributed by atoms with Crippen LogP contribution < -0.4 is 9.80 Å². The molecular formula is C22H33N3O2. The Labute approximate surface area is 163 Å². The SMILES string of the molecule is CCN(CC)c1ccc(N2CC(C(=O)N3CCCCCC3)CC2=O)c(C)c1. The number of benzene rings is 1. The zero-order valence-corrected chi connectivity index (χ0v) is 17.0. The molecule has 1 aromatic rings. The van der Waals surface area contributed by atoms with Gasteiger partial charge >= 0.3 is 0 Å². The molecule has 3 rings (SSSR count). The third kappa shape index (κ3) is 4.28. The lowest BCUT2D eigenvalue weighted by Crippen LogP contribution is -2.38. The number of nitrogens with zero attached hydrogens (tertiary/aromatic N) is 3. The van der Waals surface area contributed by atoms with Crippen molar-refractivity contribution in [3.63, 3.8) is 0 Å². The van der Waals surface area contributed by atoms with E-state index in [-0.39, 0.29) is 17.7 Å². The smallest absolute Gasteiger partial charge is 0.228 e. The molecule has 0 radical (unpaired) electrons. The molecule has 148 valence electrons. The van der Waals surface area contributed by atoms with Crippen LogP contribution in [0.4, 0.5) is 11.4 Å². The molecule has 2 amide bonds. The van der Waals surface area contributed by atoms with Gasteiger partial charge < -0.3 is 14.7 Å². The normalized spacial score (nSPS) is 20.7. The van der Waals surface area contributed by atoms with E-state index < -0.39 is 0 Å². The van der Waals surface area contributed by atoms with Crippen molar-refractivity contribution in [3.8, 4) is 0 Å². The maximum atomic E-state index is 12.9. The maximum absolute atomic E-state index is 12.9. The number of hydrogen-bond acceptors (Lipinski definition) is 3. The summed E-state index contributed by atoms with van der Waals surface area (Å²) < 4.78 is 0. The first-order valence-corrected chi connectivity index (χ1v) is 10.5. The van der Waals surface area contributed by atoms with Crippen molar-refractivity contribution in [3.05, 3.63) is 23.8 Å². The van der Waals surface area contributed by atoms with Crippen LogP contribution in [0.5, 0.6) is 0 Å². The molecule has 2 fully saturated rings. The van der Waals surface area contributed by atoms with Gasteiger partial charge in [0.2, 0.25) is 11.8 Å². The summed E-state index contributed by atoms with van der Waals surface area (Å²) in [6.45, 7) is 10.5. The van der Waals surface area contributed by atoms with Gasteiger partial charge in [0.15, 0.2) is 0 Å². The Hall–Kier alpha value is -2.04. The summed E-state index contributed by atoms with van der Waals surface area (Å²) in [6.07, 6.45) is 4.92. The number of likely N-dealkylation sites (tertiary alicyclic amines) is 1. The van der Waals surface area contributed by atoms with E-state index in [1.165, 1.54) is 18.5 Å². The molecule has 2 heterocycles. The Morgan fingerprint density at radius 2 is 1.78 bits per heavy atom. The third-order valence-corrected chi connectivity index (χ3v) is 5.99. The fourth-order valence-electron chi connectivity index (χ4n) is 4.38. The largest absolute Gasteiger partial charge is 0.372 e. The van der Waals surface area contributed by atoms with Gasteiger partial charge in [0.25, 0.3) is 0 Å². The van der Waals surface area contributed by atoms with Gasteiger partial charge in [-0.3, -0.25) is 9.59 Å². The van der Waals surface area contributed by atoms with E-state index in [1.807, 2.05) is 15.9 Å². The Bertz CT molecular complexity index is 676. The van der Waals surface area contributed by atoms with Gasteiger partial charge in [-0.15, -0.1) is 0 Å². The first-order valence-electron chi connectivity index (χ1n) is 10.5. The van der Waals surface area contributed by atoms with Crippen molar-refractivity contribution in [2.45, 2.75) is 52.9 Å². The molecule has 2 aliphatic rings. The van der Waals surface area contributed by atoms with Crippen molar-refractivity contribution >= 4 is 23.2 Å². The van der Waals surface area contributed by atoms with Gasteiger partial charge in [0.1, 0.15) is 0 Å². The van der Waals surface area contributed by atoms with E-state index >= 15 is 0 Å². The van der Waals surface area contributed by atoms with Gasteiger partial charge in [0.05, 0.1) is 5.92 Å². The van der Waals surface area contributed by atoms with Gasteiger partial charge in [-0.1, -0.05) is 12.8 Å². The lowest BCUT2D eigenvalue weighted by Gasteiger charge is -2.25. The highest BCUT2D eigenvalue weighted by Gasteiger charge is 2.37. The molecule has 0 saturated carbocycles. The molecule has 1 atom stereocenters. The summed E-state index contributed by atoms with van der Waals surface area (Å²) in [6, 6.07) is 6.28. The second-order valence-electron chi connectivity index (χ2n) is 7.79. The molecule has 0 aliphatic carbocycles. The van der Waals surface area contributed by atoms with Gasteiger partial charge in [0, 0.05) is 50.5 Å². The number of carbonyl (C=O) groups excluding carboxylic acids is 2. The second-order valence-corrected chi connectivity index (χ2v) is 7.79. The van der Waals surface area contributed by atoms with Crippen LogP contribution in [-0.2, 0) is 9.59 Å². The van der Waals surface area contributed by atoms with E-state index in [2.05, 4.69) is 37.8 Å². The average molecular weight is 372 g/mol. The second kappa shape index (κ2) is 8.77. The van der Waals surface area contributed by atoms with Crippen LogP contribution in [0.1, 0.15) is 51.5 Å². The predicted molar refractivity (Wildman–Crippen MR) is 110 cm³/mol. The lowest BCUT2D eigenvalue weighted by molar-refractivity contribution is -0.135. The molecule has 0 aromatic heterocycles. The molecule has 27 heavy (non-hydrogen) atoms. The topological polar surface area (TPSA) is 43.9 Å². The summed E-state index contributed by atoms with van der Waals surface area (Å²) in [4.78, 5) is 31.7. The van der Waals surface area contributed by atoms with Crippen LogP contribution in [0.15, 0.2) is 18.2 Å². The van der Waals surface area contributed by atoms with E-state index in [1.54, 1.807) is 0 Å². The summed E-state index contributed by atoms with van der Waals surface area (Å²) in [5.41, 5.74) is 3.22. The highest BCUT2D eigenvalue weighted by Crippen LogP contribution is 2.31. The highest BCUT2D eigenvalue weighted by atomic mass is 16.2. The van der Waals surface area contributed by atoms with Crippen LogP contribution in [0.3, 0.4) is 0 Å². The lowest BCUT2D eigenvalue weighted by atomic mass is 10.1. The minimum Gasteiger partial charge on any atom is -0.372 e. The fourth-order valence-corrected chi connectivity index (χ4v) is 4.38. The van der Waals surface area contributed by atoms with Crippen molar-refractivity contribution < 1.29 is 9.59 Å². The molecular weight excluding hydrogens is 338 g/mol. The quantitative estimate of drug-likeness (QED) is 0.794. The molecule has 0 N–H and O–H groups in total. The third-order valence-electron chi connectivity index (χ3n) is 5.99. The van der Waals surface area contributed by atoms with Crippen molar-refractivity contribution in [1.82, 2.24) is 4.90 Å². The Morgan fingerprint density at radius 1 is 1.11 bits per heavy atom. The number of amides is 2. The fraction of sp³-hybridized carbons (Fsp3) is 0.636. The number of rotatable bonds is 5. The first kappa shape index (κ1) is 19.7. The Morgan fingerprint density at radius 3 is 2.37 bits per heavy atom. The molecule has 0 bridgehead atoms. The van der Waals surface area contributed by atoms with E-state index in [4.69, 9.17) is 0 Å². The van der Waals surface area contributed by atoms with Crippen LogP contribution in [0.25, 0.3) is 0 Å². The predicted octanol–water partition coefficient (Wildman–Crippen LogP) is 3.60. The standard InChI is InChI=1S/C22H33N3O2/c1-4-23(5-2)19-10-11-20(17(3)14-19)25-16-18(15-21(25)26)22(27)24-12-8-6-7-9-13-24/h10-11,14,18H,4-9,12-13,15-16H2,1-3H3. The van der Waals surface area contributed by atoms with Crippen molar-refractivity contribution in [2.24, 2.45) is 5.92 Å². The molecule has 5 nitrogen and oxygen atoms in total. The van der Waals surface area contributed by atoms with E-state index in [9.17, 15) is 9.59 Å². The van der Waals surface area contributed by atoms with Crippen LogP contribution in [-0.4, -0.2) is 49.4 Å². The summed E-state index contributed by atoms with van der Waals surface area (Å²) in [7, 11) is 0. The van der Waals surface area contributed by atoms with Crippen molar-refractivity contribution in [1.29, 1.82) is 0 Å². The van der Waals surface area contributed by atoms with Gasteiger partial charge in [-0.05, 0) is 57.4 Å². The monoisotopic (exact) mass is 371 g/mol. The average Bonchev–Trinajstić information content (AvgIpc) is 2.87. The first-order chi connectivity index (χ1) is 13.0. The van der Waals surface area contributed by atoms with Gasteiger partial charge in [-0.2, -0.15) is 0 Å². The summed E-state index contributed by atoms with van der Waals surface area (Å²) >= 11 is 0. The maximum Gasteiger partial charge on any atom is 0.228 e. The van der Waals surface area contributed by atoms with E-state index in [0.29, 0.717) is 13.0 Å². The highest BCUT2D eigenvalue weighted by molar-refractivity contribution is 6.01. The van der Waals surface area contributed by atoms with Crippen LogP contribution >= 0.6 is 0 Å². The Balaban J connectivity index is 1.72. The van der Waals surface area contributed by atoms with Gasteiger partial charge in [-0.25, -0.2) is 0 Å². The minimum atomic E-state index is -0.197. The molecule has 5 heteroatoms. The molecule has 1 unspecified atom stereocenters. The zero-order chi connectivity index (χ0) is 19.4. The molecule has 0 spiro atoms. The number of aryl methyl sites for hydroxylation is 1. The number of hydrogen-bond donors (Lipinski definition) is 0. The molecule has 2 saturated heterocycles. The summed E-state index contributed by atoms with van der Waals surface area (Å²) in [5, 5.41) is 0. The molecule has 2 aliphatic heterocycles. The van der Waals surface area contributed by atoms with Crippen molar-refractivity contribution in [2.75, 3.05) is 42.5 Å². The Kier molecular flexibility index (Phi) is 6.40. The van der Waals surface area contributed by atoms with E-state index in [0.717, 1.165) is 50.3 Å². The molecule has 1 aromatic carbocycles. The number of carbonyl (C=O) groups is 2. The zero-order valence-electron chi connectivity index (χ0n) is 17.0.